The van der Waals surface area contributed by atoms with E-state index in [-0.39, 0.29) is 17.7 Å². The number of nitrogens with one attached hydrogen (secondary N) is 1. The average Bonchev–Trinajstić information content (AvgIpc) is 3.14. The molecule has 0 spiro atoms. The number of carbonyl (C=O) groups is 1. The highest BCUT2D eigenvalue weighted by Crippen LogP contribution is 2.33. The molecular formula is C20H27FN4O3. The van der Waals surface area contributed by atoms with Gasteiger partial charge in [-0.3, -0.25) is 4.79 Å². The number of likely N-dealkylation sites (tertiary alicyclic amines) is 1. The van der Waals surface area contributed by atoms with Crippen molar-refractivity contribution < 1.29 is 18.4 Å². The van der Waals surface area contributed by atoms with E-state index in [1.165, 1.54) is 19.2 Å². The summed E-state index contributed by atoms with van der Waals surface area (Å²) < 4.78 is 24.3. The van der Waals surface area contributed by atoms with Crippen molar-refractivity contribution in [1.82, 2.24) is 15.4 Å². The number of nitrogens with zero attached hydrogens (tertiary/aromatic N) is 3. The fraction of sp³-hybridized carbons (Fsp3) is 0.500. The Morgan fingerprint density at radius 2 is 2.25 bits per heavy atom. The van der Waals surface area contributed by atoms with Gasteiger partial charge in [-0.2, -0.15) is 0 Å². The number of aromatic nitrogens is 1. The van der Waals surface area contributed by atoms with E-state index in [1.807, 2.05) is 0 Å². The summed E-state index contributed by atoms with van der Waals surface area (Å²) in [6.45, 7) is 4.96. The predicted molar refractivity (Wildman–Crippen MR) is 105 cm³/mol. The number of carbonyl (C=O) groups excluding carboxylic acids is 1. The van der Waals surface area contributed by atoms with Crippen LogP contribution >= 0.6 is 0 Å². The molecule has 8 heteroatoms. The Labute approximate surface area is 164 Å². The van der Waals surface area contributed by atoms with Crippen molar-refractivity contribution in [2.24, 2.45) is 0 Å². The van der Waals surface area contributed by atoms with Gasteiger partial charge < -0.3 is 24.4 Å². The van der Waals surface area contributed by atoms with E-state index in [9.17, 15) is 9.18 Å². The second-order valence-electron chi connectivity index (χ2n) is 7.16. The maximum absolute atomic E-state index is 13.8. The lowest BCUT2D eigenvalue weighted by Gasteiger charge is -2.32. The molecule has 1 saturated heterocycles. The van der Waals surface area contributed by atoms with Crippen LogP contribution in [0.1, 0.15) is 30.1 Å². The first kappa shape index (κ1) is 20.1. The number of hydrogen-bond acceptors (Lipinski definition) is 6. The summed E-state index contributed by atoms with van der Waals surface area (Å²) in [5.41, 5.74) is 0.870. The summed E-state index contributed by atoms with van der Waals surface area (Å²) >= 11 is 0. The van der Waals surface area contributed by atoms with E-state index >= 15 is 0 Å². The number of piperidine rings is 1. The highest BCUT2D eigenvalue weighted by molar-refractivity contribution is 6.04. The Balaban J connectivity index is 1.93. The Bertz CT molecular complexity index is 837. The predicted octanol–water partition coefficient (Wildman–Crippen LogP) is 2.77. The number of hydrogen-bond donors (Lipinski definition) is 1. The van der Waals surface area contributed by atoms with Crippen molar-refractivity contribution in [1.29, 1.82) is 0 Å². The molecule has 3 rings (SSSR count). The van der Waals surface area contributed by atoms with Gasteiger partial charge in [0.15, 0.2) is 23.1 Å². The molecule has 1 aliphatic rings. The van der Waals surface area contributed by atoms with Gasteiger partial charge in [0, 0.05) is 32.2 Å². The van der Waals surface area contributed by atoms with Crippen LogP contribution in [-0.2, 0) is 0 Å². The van der Waals surface area contributed by atoms with Gasteiger partial charge in [-0.1, -0.05) is 12.1 Å². The minimum Gasteiger partial charge on any atom is -0.494 e. The lowest BCUT2D eigenvalue weighted by molar-refractivity contribution is 0.0906. The molecule has 2 aromatic rings. The van der Waals surface area contributed by atoms with Crippen molar-refractivity contribution in [2.75, 3.05) is 45.7 Å². The molecule has 7 nitrogen and oxygen atoms in total. The van der Waals surface area contributed by atoms with Crippen molar-refractivity contribution in [2.45, 2.75) is 25.8 Å². The zero-order valence-electron chi connectivity index (χ0n) is 16.8. The molecule has 1 aromatic heterocycles. The van der Waals surface area contributed by atoms with Gasteiger partial charge in [0.1, 0.15) is 5.56 Å². The smallest absolute Gasteiger partial charge is 0.259 e. The van der Waals surface area contributed by atoms with Crippen LogP contribution < -0.4 is 15.0 Å². The van der Waals surface area contributed by atoms with Crippen molar-refractivity contribution in [3.63, 3.8) is 0 Å². The van der Waals surface area contributed by atoms with Gasteiger partial charge in [0.25, 0.3) is 5.91 Å². The minimum atomic E-state index is -0.480. The van der Waals surface area contributed by atoms with Gasteiger partial charge in [0.05, 0.1) is 7.11 Å². The second kappa shape index (κ2) is 8.60. The van der Waals surface area contributed by atoms with Crippen molar-refractivity contribution >= 4 is 11.7 Å². The highest BCUT2D eigenvalue weighted by atomic mass is 19.1. The summed E-state index contributed by atoms with van der Waals surface area (Å²) in [6, 6.07) is 4.41. The molecule has 0 saturated carbocycles. The lowest BCUT2D eigenvalue weighted by atomic mass is 10.0. The summed E-state index contributed by atoms with van der Waals surface area (Å²) in [6.07, 6.45) is 1.98. The third kappa shape index (κ3) is 4.11. The number of methoxy groups -OCH3 is 1. The van der Waals surface area contributed by atoms with Crippen LogP contribution in [0.5, 0.6) is 5.75 Å². The number of likely N-dealkylation sites (N-methyl/N-ethyl adjacent to an activating group) is 1. The van der Waals surface area contributed by atoms with E-state index in [2.05, 4.69) is 22.3 Å². The number of anilines is 1. The maximum atomic E-state index is 13.8. The average molecular weight is 390 g/mol. The molecule has 1 atom stereocenters. The van der Waals surface area contributed by atoms with Crippen molar-refractivity contribution in [3.8, 4) is 17.1 Å². The normalized spacial score (nSPS) is 17.4. The van der Waals surface area contributed by atoms with Gasteiger partial charge in [-0.25, -0.2) is 4.39 Å². The Kier molecular flexibility index (Phi) is 6.18. The molecule has 2 heterocycles. The van der Waals surface area contributed by atoms with Crippen LogP contribution in [-0.4, -0.2) is 62.8 Å². The highest BCUT2D eigenvalue weighted by Gasteiger charge is 2.29. The van der Waals surface area contributed by atoms with Crippen LogP contribution in [0, 0.1) is 5.82 Å². The molecule has 28 heavy (non-hydrogen) atoms. The molecule has 0 aliphatic carbocycles. The quantitative estimate of drug-likeness (QED) is 0.818. The first-order valence-electron chi connectivity index (χ1n) is 9.48. The van der Waals surface area contributed by atoms with E-state index < -0.39 is 5.82 Å². The fourth-order valence-corrected chi connectivity index (χ4v) is 3.51. The van der Waals surface area contributed by atoms with E-state index in [4.69, 9.17) is 9.26 Å². The number of benzene rings is 1. The zero-order chi connectivity index (χ0) is 20.3. The third-order valence-corrected chi connectivity index (χ3v) is 5.03. The zero-order valence-corrected chi connectivity index (χ0v) is 16.8. The molecule has 1 unspecified atom stereocenters. The summed E-state index contributed by atoms with van der Waals surface area (Å²) in [4.78, 5) is 17.2. The first-order valence-corrected chi connectivity index (χ1v) is 9.48. The molecule has 1 amide bonds. The summed E-state index contributed by atoms with van der Waals surface area (Å²) in [7, 11) is 4.98. The Morgan fingerprint density at radius 3 is 2.93 bits per heavy atom. The van der Waals surface area contributed by atoms with Gasteiger partial charge in [0.2, 0.25) is 0 Å². The SMILES string of the molecule is CCN1CCCC(NC(=O)c2c(N(C)C)noc2-c2ccc(F)c(OC)c2)C1. The first-order chi connectivity index (χ1) is 13.4. The van der Waals surface area contributed by atoms with Gasteiger partial charge in [-0.15, -0.1) is 0 Å². The van der Waals surface area contributed by atoms with E-state index in [0.717, 1.165) is 32.5 Å². The van der Waals surface area contributed by atoms with Gasteiger partial charge in [-0.05, 0) is 44.1 Å². The van der Waals surface area contributed by atoms with Crippen LogP contribution in [0.3, 0.4) is 0 Å². The number of ether oxygens (including phenoxy) is 1. The van der Waals surface area contributed by atoms with Crippen molar-refractivity contribution in [3.05, 3.63) is 29.6 Å². The topological polar surface area (TPSA) is 70.8 Å². The molecule has 152 valence electrons. The number of amides is 1. The summed E-state index contributed by atoms with van der Waals surface area (Å²) in [5.74, 6) is 0.0804. The molecule has 1 fully saturated rings. The largest absolute Gasteiger partial charge is 0.494 e. The van der Waals surface area contributed by atoms with Crippen LogP contribution in [0.4, 0.5) is 10.2 Å². The molecule has 1 aliphatic heterocycles. The minimum absolute atomic E-state index is 0.0710. The van der Waals surface area contributed by atoms with Crippen LogP contribution in [0.25, 0.3) is 11.3 Å². The lowest BCUT2D eigenvalue weighted by Crippen LogP contribution is -2.47. The maximum Gasteiger partial charge on any atom is 0.259 e. The van der Waals surface area contributed by atoms with Crippen LogP contribution in [0.2, 0.25) is 0 Å². The summed E-state index contributed by atoms with van der Waals surface area (Å²) in [5, 5.41) is 7.18. The second-order valence-corrected chi connectivity index (χ2v) is 7.16. The molecular weight excluding hydrogens is 363 g/mol. The molecule has 1 aromatic carbocycles. The molecule has 1 N–H and O–H groups in total. The van der Waals surface area contributed by atoms with Gasteiger partial charge >= 0.3 is 0 Å². The number of halogens is 1. The molecule has 0 bridgehead atoms. The molecule has 0 radical (unpaired) electrons. The fourth-order valence-electron chi connectivity index (χ4n) is 3.51. The monoisotopic (exact) mass is 390 g/mol. The van der Waals surface area contributed by atoms with Crippen LogP contribution in [0.15, 0.2) is 22.7 Å². The Hall–Kier alpha value is -2.61. The van der Waals surface area contributed by atoms with E-state index in [0.29, 0.717) is 22.7 Å². The standard InChI is InChI=1S/C20H27FN4O3/c1-5-25-10-6-7-14(12-25)22-20(26)17-18(28-23-19(17)24(2)3)13-8-9-15(21)16(11-13)27-4/h8-9,11,14H,5-7,10,12H2,1-4H3,(H,22,26). The number of rotatable bonds is 6. The Morgan fingerprint density at radius 1 is 1.46 bits per heavy atom. The third-order valence-electron chi connectivity index (χ3n) is 5.03. The van der Waals surface area contributed by atoms with E-state index in [1.54, 1.807) is 25.1 Å².